The van der Waals surface area contributed by atoms with Gasteiger partial charge in [0, 0.05) is 0 Å². The summed E-state index contributed by atoms with van der Waals surface area (Å²) in [6, 6.07) is 5.12. The minimum absolute atomic E-state index is 0.133. The van der Waals surface area contributed by atoms with Crippen molar-refractivity contribution in [2.45, 2.75) is 24.5 Å². The molecule has 1 heterocycles. The normalized spacial score (nSPS) is 11.6. The number of benzene rings is 1. The number of nitrogens with one attached hydrogen (secondary N) is 1. The van der Waals surface area contributed by atoms with Crippen LogP contribution in [0.15, 0.2) is 29.3 Å². The SMILES string of the molecule is Cc1ccc(S(=O)(=O)Cc2cn[nH]n2)cc1C. The van der Waals surface area contributed by atoms with Crippen molar-refractivity contribution in [3.05, 3.63) is 41.2 Å². The van der Waals surface area contributed by atoms with Gasteiger partial charge in [-0.1, -0.05) is 6.07 Å². The number of H-pyrrole nitrogens is 1. The minimum Gasteiger partial charge on any atom is -0.223 e. The molecule has 0 bridgehead atoms. The average Bonchev–Trinajstić information content (AvgIpc) is 2.73. The maximum Gasteiger partial charge on any atom is 0.184 e. The second kappa shape index (κ2) is 4.29. The van der Waals surface area contributed by atoms with Crippen molar-refractivity contribution >= 4 is 9.84 Å². The molecule has 0 unspecified atom stereocenters. The van der Waals surface area contributed by atoms with Gasteiger partial charge in [0.2, 0.25) is 0 Å². The van der Waals surface area contributed by atoms with Crippen LogP contribution in [-0.4, -0.2) is 23.8 Å². The van der Waals surface area contributed by atoms with Crippen LogP contribution in [0.4, 0.5) is 0 Å². The molecule has 1 aromatic heterocycles. The Morgan fingerprint density at radius 3 is 2.59 bits per heavy atom. The highest BCUT2D eigenvalue weighted by molar-refractivity contribution is 7.90. The maximum absolute atomic E-state index is 12.1. The Hall–Kier alpha value is -1.69. The lowest BCUT2D eigenvalue weighted by Gasteiger charge is -2.05. The molecule has 0 fully saturated rings. The Morgan fingerprint density at radius 2 is 2.00 bits per heavy atom. The number of aromatic nitrogens is 3. The summed E-state index contributed by atoms with van der Waals surface area (Å²) in [6.07, 6.45) is 1.42. The molecule has 2 aromatic rings. The molecule has 6 heteroatoms. The van der Waals surface area contributed by atoms with Crippen molar-refractivity contribution < 1.29 is 8.42 Å². The van der Waals surface area contributed by atoms with E-state index < -0.39 is 9.84 Å². The molecule has 0 atom stereocenters. The van der Waals surface area contributed by atoms with Gasteiger partial charge in [0.25, 0.3) is 0 Å². The molecule has 17 heavy (non-hydrogen) atoms. The van der Waals surface area contributed by atoms with Crippen LogP contribution in [-0.2, 0) is 15.6 Å². The van der Waals surface area contributed by atoms with Gasteiger partial charge in [-0.25, -0.2) is 8.42 Å². The monoisotopic (exact) mass is 251 g/mol. The fourth-order valence-corrected chi connectivity index (χ4v) is 2.81. The number of sulfone groups is 1. The summed E-state index contributed by atoms with van der Waals surface area (Å²) in [6.45, 7) is 3.84. The van der Waals surface area contributed by atoms with E-state index in [2.05, 4.69) is 15.4 Å². The molecule has 0 saturated carbocycles. The number of hydrogen-bond donors (Lipinski definition) is 1. The van der Waals surface area contributed by atoms with Crippen LogP contribution in [0.5, 0.6) is 0 Å². The van der Waals surface area contributed by atoms with Gasteiger partial charge in [0.1, 0.15) is 5.75 Å². The van der Waals surface area contributed by atoms with E-state index in [1.54, 1.807) is 12.1 Å². The topological polar surface area (TPSA) is 75.7 Å². The first-order chi connectivity index (χ1) is 7.99. The lowest BCUT2D eigenvalue weighted by atomic mass is 10.1. The molecule has 0 aliphatic rings. The zero-order valence-electron chi connectivity index (χ0n) is 9.64. The molecular formula is C11H13N3O2S. The standard InChI is InChI=1S/C11H13N3O2S/c1-8-3-4-11(5-9(8)2)17(15,16)7-10-6-12-14-13-10/h3-6H,7H2,1-2H3,(H,12,13,14). The van der Waals surface area contributed by atoms with Crippen molar-refractivity contribution in [2.24, 2.45) is 0 Å². The van der Waals surface area contributed by atoms with Crippen molar-refractivity contribution in [1.29, 1.82) is 0 Å². The summed E-state index contributed by atoms with van der Waals surface area (Å²) >= 11 is 0. The lowest BCUT2D eigenvalue weighted by Crippen LogP contribution is -2.06. The van der Waals surface area contributed by atoms with Crippen LogP contribution in [0.25, 0.3) is 0 Å². The van der Waals surface area contributed by atoms with Gasteiger partial charge in [-0.2, -0.15) is 15.4 Å². The summed E-state index contributed by atoms with van der Waals surface area (Å²) in [5, 5.41) is 9.74. The highest BCUT2D eigenvalue weighted by Crippen LogP contribution is 2.18. The predicted molar refractivity (Wildman–Crippen MR) is 63.2 cm³/mol. The Labute approximate surface area is 99.8 Å². The fourth-order valence-electron chi connectivity index (χ4n) is 1.48. The van der Waals surface area contributed by atoms with Gasteiger partial charge >= 0.3 is 0 Å². The molecule has 0 aliphatic heterocycles. The zero-order chi connectivity index (χ0) is 12.5. The number of hydrogen-bond acceptors (Lipinski definition) is 4. The van der Waals surface area contributed by atoms with Crippen LogP contribution in [0.2, 0.25) is 0 Å². The summed E-state index contributed by atoms with van der Waals surface area (Å²) in [4.78, 5) is 0.323. The first kappa shape index (κ1) is 11.8. The van der Waals surface area contributed by atoms with Crippen LogP contribution in [0, 0.1) is 13.8 Å². The highest BCUT2D eigenvalue weighted by Gasteiger charge is 2.17. The van der Waals surface area contributed by atoms with Gasteiger partial charge < -0.3 is 0 Å². The van der Waals surface area contributed by atoms with E-state index in [9.17, 15) is 8.42 Å². The zero-order valence-corrected chi connectivity index (χ0v) is 10.5. The van der Waals surface area contributed by atoms with E-state index in [1.807, 2.05) is 19.9 Å². The lowest BCUT2D eigenvalue weighted by molar-refractivity contribution is 0.594. The van der Waals surface area contributed by atoms with Crippen LogP contribution >= 0.6 is 0 Å². The third kappa shape index (κ3) is 2.52. The van der Waals surface area contributed by atoms with E-state index in [1.165, 1.54) is 6.20 Å². The molecule has 0 saturated heterocycles. The fraction of sp³-hybridized carbons (Fsp3) is 0.273. The smallest absolute Gasteiger partial charge is 0.184 e. The Kier molecular flexibility index (Phi) is 2.97. The summed E-state index contributed by atoms with van der Waals surface area (Å²) in [5.74, 6) is -0.133. The number of nitrogens with zero attached hydrogens (tertiary/aromatic N) is 2. The van der Waals surface area contributed by atoms with Crippen LogP contribution in [0.1, 0.15) is 16.8 Å². The largest absolute Gasteiger partial charge is 0.223 e. The predicted octanol–water partition coefficient (Wildman–Crippen LogP) is 1.40. The number of rotatable bonds is 3. The van der Waals surface area contributed by atoms with Crippen molar-refractivity contribution in [2.75, 3.05) is 0 Å². The minimum atomic E-state index is -3.34. The third-order valence-corrected chi connectivity index (χ3v) is 4.29. The molecule has 1 N–H and O–H groups in total. The average molecular weight is 251 g/mol. The Balaban J connectivity index is 2.35. The molecule has 0 spiro atoms. The number of aromatic amines is 1. The molecule has 0 aliphatic carbocycles. The van der Waals surface area contributed by atoms with Gasteiger partial charge in [0.15, 0.2) is 9.84 Å². The van der Waals surface area contributed by atoms with Gasteiger partial charge in [-0.15, -0.1) is 0 Å². The first-order valence-corrected chi connectivity index (χ1v) is 6.79. The van der Waals surface area contributed by atoms with E-state index in [-0.39, 0.29) is 5.75 Å². The molecule has 0 radical (unpaired) electrons. The van der Waals surface area contributed by atoms with Crippen molar-refractivity contribution in [3.8, 4) is 0 Å². The van der Waals surface area contributed by atoms with Gasteiger partial charge in [-0.05, 0) is 37.1 Å². The van der Waals surface area contributed by atoms with Gasteiger partial charge in [0.05, 0.1) is 16.8 Å². The Bertz CT molecular complexity index is 618. The molecule has 0 amide bonds. The van der Waals surface area contributed by atoms with Crippen molar-refractivity contribution in [1.82, 2.24) is 15.4 Å². The van der Waals surface area contributed by atoms with Crippen molar-refractivity contribution in [3.63, 3.8) is 0 Å². The van der Waals surface area contributed by atoms with Gasteiger partial charge in [-0.3, -0.25) is 0 Å². The van der Waals surface area contributed by atoms with E-state index in [0.29, 0.717) is 10.6 Å². The molecular weight excluding hydrogens is 238 g/mol. The number of aryl methyl sites for hydroxylation is 2. The molecule has 90 valence electrons. The van der Waals surface area contributed by atoms with Crippen LogP contribution in [0.3, 0.4) is 0 Å². The second-order valence-corrected chi connectivity index (χ2v) is 5.96. The Morgan fingerprint density at radius 1 is 1.24 bits per heavy atom. The highest BCUT2D eigenvalue weighted by atomic mass is 32.2. The maximum atomic E-state index is 12.1. The molecule has 1 aromatic carbocycles. The molecule has 2 rings (SSSR count). The van der Waals surface area contributed by atoms with Crippen LogP contribution < -0.4 is 0 Å². The summed E-state index contributed by atoms with van der Waals surface area (Å²) in [7, 11) is -3.34. The quantitative estimate of drug-likeness (QED) is 0.894. The summed E-state index contributed by atoms with van der Waals surface area (Å²) < 4.78 is 24.2. The molecule has 5 nitrogen and oxygen atoms in total. The second-order valence-electron chi connectivity index (χ2n) is 3.97. The summed E-state index contributed by atoms with van der Waals surface area (Å²) in [5.41, 5.74) is 2.46. The van der Waals surface area contributed by atoms with E-state index in [4.69, 9.17) is 0 Å². The third-order valence-electron chi connectivity index (χ3n) is 2.64. The first-order valence-electron chi connectivity index (χ1n) is 5.14. The van der Waals surface area contributed by atoms with E-state index >= 15 is 0 Å². The van der Waals surface area contributed by atoms with E-state index in [0.717, 1.165) is 11.1 Å².